The molecule has 0 fully saturated rings. The van der Waals surface area contributed by atoms with E-state index in [4.69, 9.17) is 14.0 Å². The van der Waals surface area contributed by atoms with Crippen LogP contribution in [0.15, 0.2) is 59.1 Å². The van der Waals surface area contributed by atoms with Crippen molar-refractivity contribution in [1.29, 1.82) is 0 Å². The number of esters is 1. The summed E-state index contributed by atoms with van der Waals surface area (Å²) in [5.74, 6) is 0.749. The van der Waals surface area contributed by atoms with Crippen molar-refractivity contribution in [3.05, 3.63) is 71.5 Å². The average molecular weight is 337 g/mol. The van der Waals surface area contributed by atoms with Crippen molar-refractivity contribution in [3.8, 4) is 17.0 Å². The molecular formula is C20H19NO4. The molecule has 0 bridgehead atoms. The highest BCUT2D eigenvalue weighted by atomic mass is 16.6. The number of para-hydroxylation sites is 1. The second kappa shape index (κ2) is 7.66. The molecule has 0 saturated carbocycles. The third-order valence-electron chi connectivity index (χ3n) is 3.78. The zero-order valence-electron chi connectivity index (χ0n) is 14.2. The van der Waals surface area contributed by atoms with Gasteiger partial charge < -0.3 is 14.0 Å². The molecule has 1 aromatic heterocycles. The van der Waals surface area contributed by atoms with Gasteiger partial charge in [0.05, 0.1) is 0 Å². The zero-order chi connectivity index (χ0) is 17.6. The molecule has 3 aromatic rings. The van der Waals surface area contributed by atoms with E-state index in [1.54, 1.807) is 6.92 Å². The number of carbonyl (C=O) groups is 1. The first kappa shape index (κ1) is 16.8. The highest BCUT2D eigenvalue weighted by Gasteiger charge is 2.22. The van der Waals surface area contributed by atoms with Gasteiger partial charge in [0, 0.05) is 5.56 Å². The maximum Gasteiger partial charge on any atom is 0.344 e. The van der Waals surface area contributed by atoms with Gasteiger partial charge in [0.15, 0.2) is 0 Å². The third kappa shape index (κ3) is 3.88. The fourth-order valence-corrected chi connectivity index (χ4v) is 2.48. The fourth-order valence-electron chi connectivity index (χ4n) is 2.48. The molecule has 0 saturated heterocycles. The highest BCUT2D eigenvalue weighted by Crippen LogP contribution is 2.25. The number of hydrogen-bond acceptors (Lipinski definition) is 5. The third-order valence-corrected chi connectivity index (χ3v) is 3.78. The van der Waals surface area contributed by atoms with Gasteiger partial charge in [-0.25, -0.2) is 4.79 Å². The van der Waals surface area contributed by atoms with E-state index >= 15 is 0 Å². The number of aromatic nitrogens is 1. The summed E-state index contributed by atoms with van der Waals surface area (Å²) in [7, 11) is 0. The Kier molecular flexibility index (Phi) is 5.14. The molecule has 128 valence electrons. The van der Waals surface area contributed by atoms with Gasteiger partial charge in [-0.2, -0.15) is 0 Å². The van der Waals surface area contributed by atoms with Gasteiger partial charge in [0.2, 0.25) is 0 Å². The van der Waals surface area contributed by atoms with Crippen molar-refractivity contribution in [3.63, 3.8) is 0 Å². The minimum absolute atomic E-state index is 0.145. The molecule has 0 unspecified atom stereocenters. The predicted molar refractivity (Wildman–Crippen MR) is 93.6 cm³/mol. The normalized spacial score (nSPS) is 10.5. The van der Waals surface area contributed by atoms with Gasteiger partial charge in [-0.15, -0.1) is 0 Å². The molecular weight excluding hydrogens is 318 g/mol. The fraction of sp³-hybridized carbons (Fsp3) is 0.200. The largest absolute Gasteiger partial charge is 0.490 e. The lowest BCUT2D eigenvalue weighted by Crippen LogP contribution is -2.13. The number of aryl methyl sites for hydroxylation is 2. The number of nitrogens with zero attached hydrogens (tertiary/aromatic N) is 1. The van der Waals surface area contributed by atoms with Gasteiger partial charge >= 0.3 is 5.97 Å². The lowest BCUT2D eigenvalue weighted by atomic mass is 10.1. The van der Waals surface area contributed by atoms with Crippen LogP contribution in [-0.2, 0) is 4.74 Å². The number of benzene rings is 2. The standard InChI is InChI=1S/C20H19NO4/c1-14-8-6-7-11-17(14)23-12-13-24-20(22)18-15(2)25-21-19(18)16-9-4-3-5-10-16/h3-11H,12-13H2,1-2H3. The monoisotopic (exact) mass is 337 g/mol. The van der Waals surface area contributed by atoms with Crippen LogP contribution in [0.25, 0.3) is 11.3 Å². The van der Waals surface area contributed by atoms with Crippen molar-refractivity contribution in [2.24, 2.45) is 0 Å². The maximum atomic E-state index is 12.4. The number of hydrogen-bond donors (Lipinski definition) is 0. The summed E-state index contributed by atoms with van der Waals surface area (Å²) in [4.78, 5) is 12.4. The molecule has 0 amide bonds. The Morgan fingerprint density at radius 3 is 2.48 bits per heavy atom. The van der Waals surface area contributed by atoms with Crippen LogP contribution in [0.5, 0.6) is 5.75 Å². The van der Waals surface area contributed by atoms with Gasteiger partial charge in [-0.3, -0.25) is 0 Å². The minimum Gasteiger partial charge on any atom is -0.490 e. The van der Waals surface area contributed by atoms with E-state index in [9.17, 15) is 4.79 Å². The molecule has 1 heterocycles. The van der Waals surface area contributed by atoms with Crippen molar-refractivity contribution < 1.29 is 18.8 Å². The zero-order valence-corrected chi connectivity index (χ0v) is 14.2. The first-order valence-electron chi connectivity index (χ1n) is 8.04. The molecule has 2 aromatic carbocycles. The number of rotatable bonds is 6. The van der Waals surface area contributed by atoms with Crippen LogP contribution >= 0.6 is 0 Å². The van der Waals surface area contributed by atoms with Crippen molar-refractivity contribution in [2.45, 2.75) is 13.8 Å². The van der Waals surface area contributed by atoms with Gasteiger partial charge in [0.1, 0.15) is 36.0 Å². The van der Waals surface area contributed by atoms with E-state index in [1.807, 2.05) is 61.5 Å². The highest BCUT2D eigenvalue weighted by molar-refractivity contribution is 5.97. The quantitative estimate of drug-likeness (QED) is 0.498. The Balaban J connectivity index is 1.62. The summed E-state index contributed by atoms with van der Waals surface area (Å²) < 4.78 is 16.1. The lowest BCUT2D eigenvalue weighted by Gasteiger charge is -2.09. The Bertz CT molecular complexity index is 855. The summed E-state index contributed by atoms with van der Waals surface area (Å²) in [6.45, 7) is 4.08. The summed E-state index contributed by atoms with van der Waals surface area (Å²) in [5.41, 5.74) is 2.68. The van der Waals surface area contributed by atoms with Crippen LogP contribution in [0, 0.1) is 13.8 Å². The molecule has 5 heteroatoms. The molecule has 0 spiro atoms. The second-order valence-electron chi connectivity index (χ2n) is 5.58. The minimum atomic E-state index is -0.467. The first-order chi connectivity index (χ1) is 12.2. The summed E-state index contributed by atoms with van der Waals surface area (Å²) in [5, 5.41) is 3.99. The van der Waals surface area contributed by atoms with Crippen LogP contribution in [-0.4, -0.2) is 24.3 Å². The Labute approximate surface area is 146 Å². The summed E-state index contributed by atoms with van der Waals surface area (Å²) in [6, 6.07) is 17.1. The van der Waals surface area contributed by atoms with E-state index in [1.165, 1.54) is 0 Å². The molecule has 25 heavy (non-hydrogen) atoms. The van der Waals surface area contributed by atoms with Crippen LogP contribution in [0.4, 0.5) is 0 Å². The molecule has 0 aliphatic rings. The number of carbonyl (C=O) groups excluding carboxylic acids is 1. The van der Waals surface area contributed by atoms with E-state index in [-0.39, 0.29) is 13.2 Å². The topological polar surface area (TPSA) is 61.6 Å². The van der Waals surface area contributed by atoms with Gasteiger partial charge in [-0.1, -0.05) is 53.7 Å². The smallest absolute Gasteiger partial charge is 0.344 e. The molecule has 0 aliphatic heterocycles. The second-order valence-corrected chi connectivity index (χ2v) is 5.58. The Hall–Kier alpha value is -3.08. The average Bonchev–Trinajstić information content (AvgIpc) is 3.02. The van der Waals surface area contributed by atoms with E-state index in [2.05, 4.69) is 5.16 Å². The SMILES string of the molecule is Cc1ccccc1OCCOC(=O)c1c(-c2ccccc2)noc1C. The molecule has 3 rings (SSSR count). The van der Waals surface area contributed by atoms with Crippen molar-refractivity contribution in [2.75, 3.05) is 13.2 Å². The van der Waals surface area contributed by atoms with Crippen molar-refractivity contribution >= 4 is 5.97 Å². The lowest BCUT2D eigenvalue weighted by molar-refractivity contribution is 0.0449. The summed E-state index contributed by atoms with van der Waals surface area (Å²) in [6.07, 6.45) is 0. The van der Waals surface area contributed by atoms with Crippen molar-refractivity contribution in [1.82, 2.24) is 5.16 Å². The van der Waals surface area contributed by atoms with Crippen LogP contribution < -0.4 is 4.74 Å². The Morgan fingerprint density at radius 1 is 1.00 bits per heavy atom. The van der Waals surface area contributed by atoms with Gasteiger partial charge in [-0.05, 0) is 25.5 Å². The van der Waals surface area contributed by atoms with Crippen LogP contribution in [0.2, 0.25) is 0 Å². The predicted octanol–water partition coefficient (Wildman–Crippen LogP) is 4.19. The maximum absolute atomic E-state index is 12.4. The molecule has 0 atom stereocenters. The first-order valence-corrected chi connectivity index (χ1v) is 8.04. The summed E-state index contributed by atoms with van der Waals surface area (Å²) >= 11 is 0. The molecule has 0 aliphatic carbocycles. The molecule has 0 radical (unpaired) electrons. The molecule has 5 nitrogen and oxygen atoms in total. The van der Waals surface area contributed by atoms with E-state index < -0.39 is 5.97 Å². The van der Waals surface area contributed by atoms with Crippen LogP contribution in [0.1, 0.15) is 21.7 Å². The Morgan fingerprint density at radius 2 is 1.72 bits per heavy atom. The van der Waals surface area contributed by atoms with E-state index in [0.717, 1.165) is 16.9 Å². The number of ether oxygens (including phenoxy) is 2. The van der Waals surface area contributed by atoms with Crippen LogP contribution in [0.3, 0.4) is 0 Å². The van der Waals surface area contributed by atoms with Gasteiger partial charge in [0.25, 0.3) is 0 Å². The molecule has 0 N–H and O–H groups in total. The van der Waals surface area contributed by atoms with E-state index in [0.29, 0.717) is 17.0 Å².